The smallest absolute Gasteiger partial charge is 0.276 e. The number of benzene rings is 1. The number of amides is 1. The number of nitrogens with one attached hydrogen (secondary N) is 1. The Labute approximate surface area is 137 Å². The Balaban J connectivity index is 1.59. The number of carbonyl (C=O) groups excluding carboxylic acids is 1. The first-order valence-corrected chi connectivity index (χ1v) is 7.22. The molecule has 1 N–H and O–H groups in total. The van der Waals surface area contributed by atoms with Gasteiger partial charge in [-0.2, -0.15) is 5.10 Å². The van der Waals surface area contributed by atoms with Crippen LogP contribution in [0.2, 0.25) is 5.02 Å². The second-order valence-corrected chi connectivity index (χ2v) is 5.09. The first-order valence-electron chi connectivity index (χ1n) is 6.84. The zero-order valence-electron chi connectivity index (χ0n) is 12.0. The van der Waals surface area contributed by atoms with Gasteiger partial charge in [-0.3, -0.25) is 9.78 Å². The van der Waals surface area contributed by atoms with E-state index in [0.29, 0.717) is 22.2 Å². The summed E-state index contributed by atoms with van der Waals surface area (Å²) in [4.78, 5) is 16.0. The average Bonchev–Trinajstić information content (AvgIpc) is 3.04. The first kappa shape index (κ1) is 15.1. The molecule has 23 heavy (non-hydrogen) atoms. The van der Waals surface area contributed by atoms with Gasteiger partial charge in [0.15, 0.2) is 12.4 Å². The maximum absolute atomic E-state index is 12.1. The molecule has 0 aliphatic carbocycles. The third-order valence-electron chi connectivity index (χ3n) is 2.99. The Bertz CT molecular complexity index is 787. The van der Waals surface area contributed by atoms with E-state index in [4.69, 9.17) is 16.3 Å². The molecular formula is C16H13ClN4O2. The molecule has 1 aromatic carbocycles. The summed E-state index contributed by atoms with van der Waals surface area (Å²) in [6, 6.07) is 12.1. The number of carbonyl (C=O) groups is 1. The fourth-order valence-electron chi connectivity index (χ4n) is 1.86. The molecule has 3 aromatic rings. The molecule has 0 aliphatic heterocycles. The lowest BCUT2D eigenvalue weighted by atomic mass is 10.3. The average molecular weight is 329 g/mol. The van der Waals surface area contributed by atoms with Crippen molar-refractivity contribution in [3.8, 4) is 5.75 Å². The van der Waals surface area contributed by atoms with Crippen molar-refractivity contribution in [3.63, 3.8) is 0 Å². The van der Waals surface area contributed by atoms with Crippen LogP contribution in [0.1, 0.15) is 10.5 Å². The summed E-state index contributed by atoms with van der Waals surface area (Å²) in [5.74, 6) is 0.383. The predicted octanol–water partition coefficient (Wildman–Crippen LogP) is 3.22. The molecule has 1 amide bonds. The Kier molecular flexibility index (Phi) is 4.54. The van der Waals surface area contributed by atoms with E-state index in [9.17, 15) is 4.79 Å². The van der Waals surface area contributed by atoms with Gasteiger partial charge in [0, 0.05) is 29.3 Å². The van der Waals surface area contributed by atoms with E-state index in [-0.39, 0.29) is 12.6 Å². The standard InChI is InChI=1S/C16H13ClN4O2/c17-12-1-3-14(4-2-12)23-11-21-10-7-15(20-21)16(22)19-13-5-8-18-9-6-13/h1-10H,11H2,(H,18,19,22). The fourth-order valence-corrected chi connectivity index (χ4v) is 1.98. The van der Waals surface area contributed by atoms with Crippen molar-refractivity contribution in [2.24, 2.45) is 0 Å². The minimum Gasteiger partial charge on any atom is -0.471 e. The molecule has 0 saturated heterocycles. The monoisotopic (exact) mass is 328 g/mol. The zero-order chi connectivity index (χ0) is 16.1. The second kappa shape index (κ2) is 6.93. The molecule has 0 fully saturated rings. The maximum atomic E-state index is 12.1. The maximum Gasteiger partial charge on any atom is 0.276 e. The Morgan fingerprint density at radius 3 is 2.61 bits per heavy atom. The van der Waals surface area contributed by atoms with E-state index in [2.05, 4.69) is 15.4 Å². The summed E-state index contributed by atoms with van der Waals surface area (Å²) in [6.45, 7) is 0.199. The highest BCUT2D eigenvalue weighted by Crippen LogP contribution is 2.15. The minimum absolute atomic E-state index is 0.199. The van der Waals surface area contributed by atoms with Crippen LogP contribution < -0.4 is 10.1 Å². The van der Waals surface area contributed by atoms with Gasteiger partial charge in [-0.25, -0.2) is 4.68 Å². The molecule has 0 saturated carbocycles. The van der Waals surface area contributed by atoms with Crippen LogP contribution in [-0.2, 0) is 6.73 Å². The van der Waals surface area contributed by atoms with Crippen molar-refractivity contribution in [2.45, 2.75) is 6.73 Å². The van der Waals surface area contributed by atoms with Gasteiger partial charge in [-0.15, -0.1) is 0 Å². The summed E-state index contributed by atoms with van der Waals surface area (Å²) in [6.07, 6.45) is 4.89. The number of pyridine rings is 1. The lowest BCUT2D eigenvalue weighted by molar-refractivity contribution is 0.102. The number of halogens is 1. The van der Waals surface area contributed by atoms with E-state index >= 15 is 0 Å². The molecule has 2 aromatic heterocycles. The number of rotatable bonds is 5. The molecule has 0 aliphatic rings. The molecule has 116 valence electrons. The van der Waals surface area contributed by atoms with Crippen LogP contribution in [0, 0.1) is 0 Å². The van der Waals surface area contributed by atoms with E-state index < -0.39 is 0 Å². The lowest BCUT2D eigenvalue weighted by Crippen LogP contribution is -2.14. The first-order chi connectivity index (χ1) is 11.2. The topological polar surface area (TPSA) is 69.0 Å². The van der Waals surface area contributed by atoms with Crippen molar-refractivity contribution in [1.82, 2.24) is 14.8 Å². The Morgan fingerprint density at radius 2 is 1.87 bits per heavy atom. The summed E-state index contributed by atoms with van der Waals surface area (Å²) < 4.78 is 7.10. The van der Waals surface area contributed by atoms with Crippen LogP contribution in [-0.4, -0.2) is 20.7 Å². The molecular weight excluding hydrogens is 316 g/mol. The van der Waals surface area contributed by atoms with Gasteiger partial charge in [0.05, 0.1) is 0 Å². The summed E-state index contributed by atoms with van der Waals surface area (Å²) in [5.41, 5.74) is 0.971. The summed E-state index contributed by atoms with van der Waals surface area (Å²) >= 11 is 5.81. The molecule has 0 unspecified atom stereocenters. The quantitative estimate of drug-likeness (QED) is 0.780. The lowest BCUT2D eigenvalue weighted by Gasteiger charge is -2.06. The van der Waals surface area contributed by atoms with Gasteiger partial charge in [0.1, 0.15) is 5.75 Å². The molecule has 7 heteroatoms. The van der Waals surface area contributed by atoms with Crippen molar-refractivity contribution in [3.05, 3.63) is 71.8 Å². The van der Waals surface area contributed by atoms with Crippen molar-refractivity contribution < 1.29 is 9.53 Å². The summed E-state index contributed by atoms with van der Waals surface area (Å²) in [7, 11) is 0. The SMILES string of the molecule is O=C(Nc1ccncc1)c1ccn(COc2ccc(Cl)cc2)n1. The highest BCUT2D eigenvalue weighted by atomic mass is 35.5. The van der Waals surface area contributed by atoms with Gasteiger partial charge in [0.2, 0.25) is 0 Å². The van der Waals surface area contributed by atoms with Crippen LogP contribution in [0.5, 0.6) is 5.75 Å². The van der Waals surface area contributed by atoms with Gasteiger partial charge < -0.3 is 10.1 Å². The van der Waals surface area contributed by atoms with Gasteiger partial charge in [-0.1, -0.05) is 11.6 Å². The third-order valence-corrected chi connectivity index (χ3v) is 3.24. The van der Waals surface area contributed by atoms with E-state index in [1.165, 1.54) is 4.68 Å². The van der Waals surface area contributed by atoms with Crippen LogP contribution >= 0.6 is 11.6 Å². The predicted molar refractivity (Wildman–Crippen MR) is 86.5 cm³/mol. The largest absolute Gasteiger partial charge is 0.471 e. The Hall–Kier alpha value is -2.86. The van der Waals surface area contributed by atoms with Gasteiger partial charge in [0.25, 0.3) is 5.91 Å². The minimum atomic E-state index is -0.290. The molecule has 2 heterocycles. The van der Waals surface area contributed by atoms with Crippen molar-refractivity contribution in [1.29, 1.82) is 0 Å². The Morgan fingerprint density at radius 1 is 1.13 bits per heavy atom. The van der Waals surface area contributed by atoms with Crippen LogP contribution in [0.3, 0.4) is 0 Å². The van der Waals surface area contributed by atoms with E-state index in [1.807, 2.05) is 0 Å². The van der Waals surface area contributed by atoms with Crippen LogP contribution in [0.25, 0.3) is 0 Å². The number of hydrogen-bond acceptors (Lipinski definition) is 4. The van der Waals surface area contributed by atoms with Crippen LogP contribution in [0.4, 0.5) is 5.69 Å². The zero-order valence-corrected chi connectivity index (χ0v) is 12.8. The van der Waals surface area contributed by atoms with Gasteiger partial charge in [-0.05, 0) is 42.5 Å². The number of aromatic nitrogens is 3. The summed E-state index contributed by atoms with van der Waals surface area (Å²) in [5, 5.41) is 7.56. The molecule has 0 bridgehead atoms. The molecule has 6 nitrogen and oxygen atoms in total. The van der Waals surface area contributed by atoms with Crippen molar-refractivity contribution in [2.75, 3.05) is 5.32 Å². The number of nitrogens with zero attached hydrogens (tertiary/aromatic N) is 3. The molecule has 0 atom stereocenters. The molecule has 0 spiro atoms. The number of hydrogen-bond donors (Lipinski definition) is 1. The normalized spacial score (nSPS) is 10.3. The second-order valence-electron chi connectivity index (χ2n) is 4.66. The third kappa shape index (κ3) is 4.08. The van der Waals surface area contributed by atoms with Crippen molar-refractivity contribution >= 4 is 23.2 Å². The highest BCUT2D eigenvalue weighted by Gasteiger charge is 2.09. The highest BCUT2D eigenvalue weighted by molar-refractivity contribution is 6.30. The molecule has 0 radical (unpaired) electrons. The number of ether oxygens (including phenoxy) is 1. The fraction of sp³-hybridized carbons (Fsp3) is 0.0625. The van der Waals surface area contributed by atoms with Gasteiger partial charge >= 0.3 is 0 Å². The molecule has 3 rings (SSSR count). The number of anilines is 1. The van der Waals surface area contributed by atoms with Crippen LogP contribution in [0.15, 0.2) is 61.1 Å². The van der Waals surface area contributed by atoms with E-state index in [1.54, 1.807) is 61.1 Å². The van der Waals surface area contributed by atoms with E-state index in [0.717, 1.165) is 0 Å².